The molecule has 0 bridgehead atoms. The Hall–Kier alpha value is -0.500. The summed E-state index contributed by atoms with van der Waals surface area (Å²) in [6.45, 7) is 5.34. The van der Waals surface area contributed by atoms with Gasteiger partial charge >= 0.3 is 0 Å². The molecule has 2 heterocycles. The van der Waals surface area contributed by atoms with Crippen LogP contribution in [0.25, 0.3) is 0 Å². The second kappa shape index (κ2) is 1.08. The van der Waals surface area contributed by atoms with E-state index in [1.165, 1.54) is 0 Å². The van der Waals surface area contributed by atoms with Crippen molar-refractivity contribution in [1.82, 2.24) is 0 Å². The molecule has 2 fully saturated rings. The summed E-state index contributed by atoms with van der Waals surface area (Å²) in [7, 11) is 0. The number of epoxide rings is 1. The van der Waals surface area contributed by atoms with Crippen molar-refractivity contribution in [3.63, 3.8) is 0 Å². The third-order valence-electron chi connectivity index (χ3n) is 1.78. The van der Waals surface area contributed by atoms with Gasteiger partial charge in [-0.1, -0.05) is 6.58 Å². The van der Waals surface area contributed by atoms with Crippen LogP contribution in [-0.2, 0) is 9.47 Å². The highest BCUT2D eigenvalue weighted by Crippen LogP contribution is 2.42. The Morgan fingerprint density at radius 3 is 2.62 bits per heavy atom. The van der Waals surface area contributed by atoms with E-state index in [1.807, 2.05) is 0 Å². The average molecular weight is 112 g/mol. The average Bonchev–Trinajstić information content (AvgIpc) is 2.39. The van der Waals surface area contributed by atoms with Gasteiger partial charge in [-0.25, -0.2) is 0 Å². The van der Waals surface area contributed by atoms with Gasteiger partial charge in [0.05, 0.1) is 13.2 Å². The minimum atomic E-state index is -0.0139. The molecule has 2 nitrogen and oxygen atoms in total. The number of hydrogen-bond acceptors (Lipinski definition) is 2. The standard InChI is InChI=1S/C6H8O2/c1-5-6(4-8-6)2-3-7-5/h1-4H2. The first-order chi connectivity index (χ1) is 3.83. The minimum absolute atomic E-state index is 0.0139. The smallest absolute Gasteiger partial charge is 0.151 e. The molecule has 1 unspecified atom stereocenters. The number of hydrogen-bond donors (Lipinski definition) is 0. The van der Waals surface area contributed by atoms with Gasteiger partial charge < -0.3 is 9.47 Å². The van der Waals surface area contributed by atoms with Gasteiger partial charge in [0.1, 0.15) is 5.76 Å². The Morgan fingerprint density at radius 1 is 1.62 bits per heavy atom. The van der Waals surface area contributed by atoms with Crippen molar-refractivity contribution in [3.8, 4) is 0 Å². The zero-order valence-electron chi connectivity index (χ0n) is 4.64. The van der Waals surface area contributed by atoms with Gasteiger partial charge in [-0.05, 0) is 0 Å². The lowest BCUT2D eigenvalue weighted by Crippen LogP contribution is -2.05. The van der Waals surface area contributed by atoms with Crippen LogP contribution >= 0.6 is 0 Å². The third kappa shape index (κ3) is 0.364. The fourth-order valence-corrected chi connectivity index (χ4v) is 1.00. The van der Waals surface area contributed by atoms with E-state index in [0.717, 1.165) is 25.4 Å². The van der Waals surface area contributed by atoms with Crippen LogP contribution in [0.15, 0.2) is 12.3 Å². The number of ether oxygens (including phenoxy) is 2. The molecule has 1 atom stereocenters. The van der Waals surface area contributed by atoms with Crippen molar-refractivity contribution >= 4 is 0 Å². The van der Waals surface area contributed by atoms with E-state index in [9.17, 15) is 0 Å². The second-order valence-corrected chi connectivity index (χ2v) is 2.30. The van der Waals surface area contributed by atoms with Crippen molar-refractivity contribution in [2.75, 3.05) is 13.2 Å². The Morgan fingerprint density at radius 2 is 2.38 bits per heavy atom. The number of rotatable bonds is 0. The molecule has 0 N–H and O–H groups in total. The van der Waals surface area contributed by atoms with Crippen molar-refractivity contribution < 1.29 is 9.47 Å². The molecule has 2 aliphatic rings. The van der Waals surface area contributed by atoms with E-state index >= 15 is 0 Å². The molecule has 2 saturated heterocycles. The van der Waals surface area contributed by atoms with E-state index in [0.29, 0.717) is 0 Å². The predicted molar refractivity (Wildman–Crippen MR) is 28.4 cm³/mol. The molecule has 2 heteroatoms. The first kappa shape index (κ1) is 4.39. The van der Waals surface area contributed by atoms with Gasteiger partial charge in [-0.2, -0.15) is 0 Å². The SMILES string of the molecule is C=C1OCCC12CO2. The fraction of sp³-hybridized carbons (Fsp3) is 0.667. The molecule has 0 aliphatic carbocycles. The molecule has 0 aromatic rings. The van der Waals surface area contributed by atoms with Gasteiger partial charge in [-0.15, -0.1) is 0 Å². The first-order valence-electron chi connectivity index (χ1n) is 2.80. The van der Waals surface area contributed by atoms with Gasteiger partial charge in [0.15, 0.2) is 5.60 Å². The zero-order chi connectivity index (χ0) is 5.61. The van der Waals surface area contributed by atoms with E-state index in [1.54, 1.807) is 0 Å². The van der Waals surface area contributed by atoms with Crippen molar-refractivity contribution in [1.29, 1.82) is 0 Å². The fourth-order valence-electron chi connectivity index (χ4n) is 1.00. The molecule has 2 aliphatic heterocycles. The molecule has 1 spiro atoms. The monoisotopic (exact) mass is 112 g/mol. The first-order valence-corrected chi connectivity index (χ1v) is 2.80. The van der Waals surface area contributed by atoms with Crippen LogP contribution in [0, 0.1) is 0 Å². The Kier molecular flexibility index (Phi) is 0.591. The van der Waals surface area contributed by atoms with Crippen LogP contribution in [0.5, 0.6) is 0 Å². The van der Waals surface area contributed by atoms with E-state index in [2.05, 4.69) is 6.58 Å². The summed E-state index contributed by atoms with van der Waals surface area (Å²) in [5.74, 6) is 0.831. The van der Waals surface area contributed by atoms with Crippen LogP contribution < -0.4 is 0 Å². The lowest BCUT2D eigenvalue weighted by Gasteiger charge is -1.96. The van der Waals surface area contributed by atoms with Crippen LogP contribution in [0.1, 0.15) is 6.42 Å². The highest BCUT2D eigenvalue weighted by Gasteiger charge is 2.52. The van der Waals surface area contributed by atoms with Crippen molar-refractivity contribution in [3.05, 3.63) is 12.3 Å². The third-order valence-corrected chi connectivity index (χ3v) is 1.78. The molecule has 0 aromatic carbocycles. The molecule has 0 amide bonds. The van der Waals surface area contributed by atoms with Crippen molar-refractivity contribution in [2.24, 2.45) is 0 Å². The van der Waals surface area contributed by atoms with Gasteiger partial charge in [0, 0.05) is 6.42 Å². The van der Waals surface area contributed by atoms with E-state index < -0.39 is 0 Å². The maximum Gasteiger partial charge on any atom is 0.151 e. The molecular formula is C6H8O2. The summed E-state index contributed by atoms with van der Waals surface area (Å²) >= 11 is 0. The predicted octanol–water partition coefficient (Wildman–Crippen LogP) is 0.689. The van der Waals surface area contributed by atoms with Gasteiger partial charge in [0.2, 0.25) is 0 Å². The molecule has 0 aromatic heterocycles. The maximum atomic E-state index is 5.14. The highest BCUT2D eigenvalue weighted by atomic mass is 16.6. The normalized spacial score (nSPS) is 42.8. The largest absolute Gasteiger partial charge is 0.495 e. The lowest BCUT2D eigenvalue weighted by atomic mass is 10.1. The summed E-state index contributed by atoms with van der Waals surface area (Å²) in [4.78, 5) is 0. The Balaban J connectivity index is 2.23. The molecule has 8 heavy (non-hydrogen) atoms. The van der Waals surface area contributed by atoms with Gasteiger partial charge in [0.25, 0.3) is 0 Å². The molecule has 0 radical (unpaired) electrons. The summed E-state index contributed by atoms with van der Waals surface area (Å²) in [5, 5.41) is 0. The zero-order valence-corrected chi connectivity index (χ0v) is 4.64. The molecule has 44 valence electrons. The van der Waals surface area contributed by atoms with E-state index in [4.69, 9.17) is 9.47 Å². The topological polar surface area (TPSA) is 21.8 Å². The Bertz CT molecular complexity index is 135. The van der Waals surface area contributed by atoms with Crippen LogP contribution in [0.3, 0.4) is 0 Å². The van der Waals surface area contributed by atoms with Crippen LogP contribution in [-0.4, -0.2) is 18.8 Å². The maximum absolute atomic E-state index is 5.14. The summed E-state index contributed by atoms with van der Waals surface area (Å²) in [6.07, 6.45) is 1.01. The van der Waals surface area contributed by atoms with Gasteiger partial charge in [-0.3, -0.25) is 0 Å². The molecule has 2 rings (SSSR count). The Labute approximate surface area is 48.1 Å². The highest BCUT2D eigenvalue weighted by molar-refractivity contribution is 5.17. The summed E-state index contributed by atoms with van der Waals surface area (Å²) in [5.41, 5.74) is -0.0139. The van der Waals surface area contributed by atoms with Crippen LogP contribution in [0.4, 0.5) is 0 Å². The second-order valence-electron chi connectivity index (χ2n) is 2.30. The summed E-state index contributed by atoms with van der Waals surface area (Å²) in [6, 6.07) is 0. The summed E-state index contributed by atoms with van der Waals surface area (Å²) < 4.78 is 10.3. The van der Waals surface area contributed by atoms with E-state index in [-0.39, 0.29) is 5.60 Å². The minimum Gasteiger partial charge on any atom is -0.495 e. The van der Waals surface area contributed by atoms with Crippen molar-refractivity contribution in [2.45, 2.75) is 12.0 Å². The molecular weight excluding hydrogens is 104 g/mol. The molecule has 0 saturated carbocycles. The lowest BCUT2D eigenvalue weighted by molar-refractivity contribution is 0.250. The quantitative estimate of drug-likeness (QED) is 0.430. The van der Waals surface area contributed by atoms with Crippen LogP contribution in [0.2, 0.25) is 0 Å².